The minimum atomic E-state index is -3.73. The lowest BCUT2D eigenvalue weighted by Crippen LogP contribution is -2.45. The maximum atomic E-state index is 12.4. The van der Waals surface area contributed by atoms with Crippen LogP contribution < -0.4 is 4.74 Å². The molecule has 0 saturated carbocycles. The Morgan fingerprint density at radius 2 is 1.88 bits per heavy atom. The van der Waals surface area contributed by atoms with Crippen molar-refractivity contribution in [2.24, 2.45) is 9.39 Å². The standard InChI is InChI=1S/C20H13ClN4O5S2/c1-32(28,29)20-24-31-19-23-17(26)14(16(22)25(19)20)10-11-6-8-12(9-7-11)30-18(27)13-4-2-3-5-15(13)21/h2-10,22H,1H3/b14-10-,22-16?. The van der Waals surface area contributed by atoms with Crippen LogP contribution in [0.4, 0.5) is 0 Å². The Hall–Kier alpha value is -3.28. The topological polar surface area (TPSA) is 129 Å². The number of carbonyl (C=O) groups excluding carboxylic acids is 2. The molecule has 2 aromatic rings. The molecular weight excluding hydrogens is 476 g/mol. The van der Waals surface area contributed by atoms with Crippen LogP contribution in [0.15, 0.2) is 63.5 Å². The molecule has 1 N–H and O–H groups in total. The van der Waals surface area contributed by atoms with Gasteiger partial charge in [-0.1, -0.05) is 35.9 Å². The summed E-state index contributed by atoms with van der Waals surface area (Å²) in [7, 11) is -3.73. The van der Waals surface area contributed by atoms with Gasteiger partial charge >= 0.3 is 5.97 Å². The predicted molar refractivity (Wildman–Crippen MR) is 123 cm³/mol. The van der Waals surface area contributed by atoms with Gasteiger partial charge in [-0.15, -0.1) is 0 Å². The molecular formula is C20H13ClN4O5S2. The lowest BCUT2D eigenvalue weighted by Gasteiger charge is -2.23. The second-order valence-corrected chi connectivity index (χ2v) is 9.66. The van der Waals surface area contributed by atoms with Crippen molar-refractivity contribution in [2.75, 3.05) is 6.26 Å². The molecule has 0 aromatic heterocycles. The van der Waals surface area contributed by atoms with E-state index in [2.05, 4.69) is 9.39 Å². The fraction of sp³-hybridized carbons (Fsp3) is 0.0500. The maximum Gasteiger partial charge on any atom is 0.345 e. The Labute approximate surface area is 192 Å². The van der Waals surface area contributed by atoms with Crippen molar-refractivity contribution in [2.45, 2.75) is 0 Å². The van der Waals surface area contributed by atoms with Crippen LogP contribution in [0.1, 0.15) is 15.9 Å². The van der Waals surface area contributed by atoms with Crippen LogP contribution >= 0.6 is 23.5 Å². The van der Waals surface area contributed by atoms with Crippen molar-refractivity contribution >= 4 is 67.5 Å². The Kier molecular flexibility index (Phi) is 5.71. The summed E-state index contributed by atoms with van der Waals surface area (Å²) >= 11 is 6.72. The first-order valence-electron chi connectivity index (χ1n) is 8.91. The van der Waals surface area contributed by atoms with Crippen molar-refractivity contribution < 1.29 is 22.7 Å². The average Bonchev–Trinajstić information content (AvgIpc) is 3.17. The smallest absolute Gasteiger partial charge is 0.345 e. The van der Waals surface area contributed by atoms with Crippen LogP contribution in [-0.2, 0) is 14.6 Å². The van der Waals surface area contributed by atoms with E-state index in [9.17, 15) is 18.0 Å². The van der Waals surface area contributed by atoms with Gasteiger partial charge in [0, 0.05) is 6.26 Å². The number of ether oxygens (including phenoxy) is 1. The molecule has 0 unspecified atom stereocenters. The number of nitrogens with one attached hydrogen (secondary N) is 1. The number of benzene rings is 2. The monoisotopic (exact) mass is 488 g/mol. The third-order valence-corrected chi connectivity index (χ3v) is 6.41. The maximum absolute atomic E-state index is 12.4. The first kappa shape index (κ1) is 21.9. The Morgan fingerprint density at radius 3 is 2.53 bits per heavy atom. The highest BCUT2D eigenvalue weighted by Crippen LogP contribution is 2.30. The van der Waals surface area contributed by atoms with E-state index in [0.29, 0.717) is 5.56 Å². The van der Waals surface area contributed by atoms with Gasteiger partial charge in [0.25, 0.3) is 5.91 Å². The molecule has 2 heterocycles. The Bertz CT molecular complexity index is 1360. The second kappa shape index (κ2) is 8.34. The molecule has 0 saturated heterocycles. The number of carbonyl (C=O) groups is 2. The van der Waals surface area contributed by atoms with E-state index < -0.39 is 21.7 Å². The quantitative estimate of drug-likeness (QED) is 0.304. The molecule has 0 fully saturated rings. The van der Waals surface area contributed by atoms with Crippen LogP contribution in [0.3, 0.4) is 0 Å². The number of hydrogen-bond donors (Lipinski definition) is 1. The number of esters is 1. The molecule has 2 aromatic carbocycles. The molecule has 0 spiro atoms. The van der Waals surface area contributed by atoms with Crippen LogP contribution in [0.5, 0.6) is 5.75 Å². The number of amides is 1. The van der Waals surface area contributed by atoms with Crippen molar-refractivity contribution in [1.29, 1.82) is 5.41 Å². The number of halogens is 1. The average molecular weight is 489 g/mol. The fourth-order valence-electron chi connectivity index (χ4n) is 2.83. The molecule has 1 amide bonds. The highest BCUT2D eigenvalue weighted by Gasteiger charge is 2.41. The highest BCUT2D eigenvalue weighted by atomic mass is 35.5. The fourth-order valence-corrected chi connectivity index (χ4v) is 4.88. The number of fused-ring (bicyclic) bond motifs is 1. The Morgan fingerprint density at radius 1 is 1.19 bits per heavy atom. The molecule has 9 nitrogen and oxygen atoms in total. The number of nitrogens with zero attached hydrogens (tertiary/aromatic N) is 3. The van der Waals surface area contributed by atoms with E-state index in [1.165, 1.54) is 18.2 Å². The van der Waals surface area contributed by atoms with E-state index in [1.54, 1.807) is 36.4 Å². The Balaban J connectivity index is 1.56. The van der Waals surface area contributed by atoms with Crippen LogP contribution in [-0.4, -0.2) is 47.6 Å². The van der Waals surface area contributed by atoms with Gasteiger partial charge in [-0.25, -0.2) is 18.1 Å². The van der Waals surface area contributed by atoms with Gasteiger partial charge in [0.2, 0.25) is 20.2 Å². The van der Waals surface area contributed by atoms with Crippen molar-refractivity contribution in [1.82, 2.24) is 4.90 Å². The summed E-state index contributed by atoms with van der Waals surface area (Å²) < 4.78 is 33.0. The minimum Gasteiger partial charge on any atom is -0.423 e. The van der Waals surface area contributed by atoms with Crippen LogP contribution in [0.2, 0.25) is 5.02 Å². The predicted octanol–water partition coefficient (Wildman–Crippen LogP) is 3.18. The van der Waals surface area contributed by atoms with Crippen molar-refractivity contribution in [3.05, 3.63) is 70.3 Å². The normalized spacial score (nSPS) is 17.2. The third-order valence-electron chi connectivity index (χ3n) is 4.32. The highest BCUT2D eigenvalue weighted by molar-refractivity contribution is 8.16. The first-order valence-corrected chi connectivity index (χ1v) is 11.9. The first-order chi connectivity index (χ1) is 15.1. The summed E-state index contributed by atoms with van der Waals surface area (Å²) in [4.78, 5) is 29.5. The number of hydrogen-bond acceptors (Lipinski definition) is 8. The summed E-state index contributed by atoms with van der Waals surface area (Å²) in [5.41, 5.74) is 0.634. The van der Waals surface area contributed by atoms with Gasteiger partial charge in [-0.3, -0.25) is 10.2 Å². The molecule has 0 aliphatic carbocycles. The third kappa shape index (κ3) is 4.22. The van der Waals surface area contributed by atoms with E-state index in [-0.39, 0.29) is 38.1 Å². The SMILES string of the molecule is CS(=O)(=O)C1=NSC2=NC(=O)/C(=C\c3ccc(OC(=O)c4ccccc4Cl)cc3)C(=N)N21. The van der Waals surface area contributed by atoms with Crippen molar-refractivity contribution in [3.8, 4) is 5.75 Å². The number of rotatable bonds is 3. The molecule has 0 radical (unpaired) electrons. The van der Waals surface area contributed by atoms with Gasteiger partial charge in [-0.05, 0) is 35.9 Å². The van der Waals surface area contributed by atoms with Gasteiger partial charge < -0.3 is 4.74 Å². The summed E-state index contributed by atoms with van der Waals surface area (Å²) in [6.07, 6.45) is 2.36. The van der Waals surface area contributed by atoms with E-state index in [1.807, 2.05) is 0 Å². The number of amidine groups is 3. The summed E-state index contributed by atoms with van der Waals surface area (Å²) in [5.74, 6) is -1.40. The van der Waals surface area contributed by atoms with Gasteiger partial charge in [0.1, 0.15) is 11.6 Å². The van der Waals surface area contributed by atoms with Crippen LogP contribution in [0.25, 0.3) is 6.08 Å². The lowest BCUT2D eigenvalue weighted by molar-refractivity contribution is -0.114. The molecule has 12 heteroatoms. The van der Waals surface area contributed by atoms with Crippen molar-refractivity contribution in [3.63, 3.8) is 0 Å². The van der Waals surface area contributed by atoms with E-state index >= 15 is 0 Å². The molecule has 0 bridgehead atoms. The van der Waals surface area contributed by atoms with Gasteiger partial charge in [0.05, 0.1) is 28.1 Å². The minimum absolute atomic E-state index is 0.0133. The lowest BCUT2D eigenvalue weighted by atomic mass is 10.1. The van der Waals surface area contributed by atoms with Gasteiger partial charge in [-0.2, -0.15) is 9.39 Å². The van der Waals surface area contributed by atoms with Crippen LogP contribution in [0, 0.1) is 5.41 Å². The zero-order chi connectivity index (χ0) is 23.0. The summed E-state index contributed by atoms with van der Waals surface area (Å²) in [5, 5.41) is 8.26. The molecule has 32 heavy (non-hydrogen) atoms. The zero-order valence-corrected chi connectivity index (χ0v) is 18.7. The van der Waals surface area contributed by atoms with Gasteiger partial charge in [0.15, 0.2) is 0 Å². The molecule has 0 atom stereocenters. The summed E-state index contributed by atoms with van der Waals surface area (Å²) in [6.45, 7) is 0. The largest absolute Gasteiger partial charge is 0.423 e. The number of sulfone groups is 1. The van der Waals surface area contributed by atoms with E-state index in [0.717, 1.165) is 23.1 Å². The summed E-state index contributed by atoms with van der Waals surface area (Å²) in [6, 6.07) is 12.7. The zero-order valence-electron chi connectivity index (χ0n) is 16.3. The second-order valence-electron chi connectivity index (χ2n) is 6.62. The molecule has 4 rings (SSSR count). The van der Waals surface area contributed by atoms with E-state index in [4.69, 9.17) is 21.7 Å². The molecule has 2 aliphatic rings. The number of aliphatic imine (C=N–C) groups is 1. The molecule has 162 valence electrons. The molecule has 2 aliphatic heterocycles.